The fourth-order valence-corrected chi connectivity index (χ4v) is 2.68. The van der Waals surface area contributed by atoms with E-state index in [1.807, 2.05) is 5.32 Å². The first kappa shape index (κ1) is 18.2. The Morgan fingerprint density at radius 1 is 1.33 bits per heavy atom. The Morgan fingerprint density at radius 3 is 2.57 bits per heavy atom. The molecular formula is C11H20F3N3O3S. The molecule has 1 atom stereocenters. The monoisotopic (exact) mass is 331 g/mol. The van der Waals surface area contributed by atoms with E-state index in [1.165, 1.54) is 0 Å². The van der Waals surface area contributed by atoms with Crippen LogP contribution in [0.1, 0.15) is 19.3 Å². The fraction of sp³-hybridized carbons (Fsp3) is 0.909. The second-order valence-corrected chi connectivity index (χ2v) is 6.97. The molecule has 0 aromatic rings. The van der Waals surface area contributed by atoms with Crippen molar-refractivity contribution in [2.24, 2.45) is 0 Å². The van der Waals surface area contributed by atoms with Crippen molar-refractivity contribution >= 4 is 15.9 Å². The third-order valence-electron chi connectivity index (χ3n) is 3.16. The lowest BCUT2D eigenvalue weighted by molar-refractivity contribution is -0.139. The van der Waals surface area contributed by atoms with E-state index in [0.29, 0.717) is 13.0 Å². The second kappa shape index (κ2) is 7.41. The van der Waals surface area contributed by atoms with Crippen LogP contribution in [0.4, 0.5) is 13.2 Å². The van der Waals surface area contributed by atoms with Gasteiger partial charge < -0.3 is 5.32 Å². The van der Waals surface area contributed by atoms with Crippen LogP contribution in [0.2, 0.25) is 0 Å². The first-order valence-corrected chi connectivity index (χ1v) is 8.48. The molecule has 0 aromatic carbocycles. The number of nitrogens with one attached hydrogen (secondary N) is 2. The number of nitrogens with zero attached hydrogens (tertiary/aromatic N) is 1. The van der Waals surface area contributed by atoms with Crippen LogP contribution in [0, 0.1) is 0 Å². The standard InChI is InChI=1S/C11H20F3N3O3S/c1-21(19,20)16-6-9-4-2-3-5-17(9)7-10(18)15-8-11(12,13)14/h9,16H,2-8H2,1H3,(H,15,18)/t9-/m0/s1. The highest BCUT2D eigenvalue weighted by Crippen LogP contribution is 2.16. The molecule has 1 rings (SSSR count). The second-order valence-electron chi connectivity index (χ2n) is 5.13. The van der Waals surface area contributed by atoms with Crippen molar-refractivity contribution < 1.29 is 26.4 Å². The van der Waals surface area contributed by atoms with Gasteiger partial charge in [-0.2, -0.15) is 13.2 Å². The van der Waals surface area contributed by atoms with E-state index >= 15 is 0 Å². The number of rotatable bonds is 6. The summed E-state index contributed by atoms with van der Waals surface area (Å²) in [6, 6.07) is -0.176. The molecule has 1 heterocycles. The van der Waals surface area contributed by atoms with Gasteiger partial charge in [-0.3, -0.25) is 9.69 Å². The molecule has 21 heavy (non-hydrogen) atoms. The van der Waals surface area contributed by atoms with Gasteiger partial charge in [-0.25, -0.2) is 13.1 Å². The summed E-state index contributed by atoms with van der Waals surface area (Å²) >= 11 is 0. The fourth-order valence-electron chi connectivity index (χ4n) is 2.19. The van der Waals surface area contributed by atoms with Crippen LogP contribution < -0.4 is 10.0 Å². The zero-order valence-corrected chi connectivity index (χ0v) is 12.6. The molecular weight excluding hydrogens is 311 g/mol. The Bertz CT molecular complexity index is 453. The van der Waals surface area contributed by atoms with Gasteiger partial charge >= 0.3 is 6.18 Å². The molecule has 0 aromatic heterocycles. The predicted octanol–water partition coefficient (Wildman–Crippen LogP) is 0.0686. The summed E-state index contributed by atoms with van der Waals surface area (Å²) in [7, 11) is -3.33. The van der Waals surface area contributed by atoms with Gasteiger partial charge in [-0.1, -0.05) is 6.42 Å². The quantitative estimate of drug-likeness (QED) is 0.722. The zero-order chi connectivity index (χ0) is 16.1. The third-order valence-corrected chi connectivity index (χ3v) is 3.85. The molecule has 0 saturated carbocycles. The molecule has 1 aliphatic heterocycles. The van der Waals surface area contributed by atoms with E-state index in [1.54, 1.807) is 4.90 Å². The highest BCUT2D eigenvalue weighted by molar-refractivity contribution is 7.88. The largest absolute Gasteiger partial charge is 0.405 e. The molecule has 2 N–H and O–H groups in total. The van der Waals surface area contributed by atoms with E-state index in [-0.39, 0.29) is 19.1 Å². The molecule has 0 radical (unpaired) electrons. The summed E-state index contributed by atoms with van der Waals surface area (Å²) in [5.41, 5.74) is 0. The van der Waals surface area contributed by atoms with Crippen LogP contribution in [0.3, 0.4) is 0 Å². The number of carbonyl (C=O) groups is 1. The summed E-state index contributed by atoms with van der Waals surface area (Å²) in [6.45, 7) is -0.793. The first-order chi connectivity index (χ1) is 9.57. The average molecular weight is 331 g/mol. The van der Waals surface area contributed by atoms with Crippen molar-refractivity contribution in [2.75, 3.05) is 32.4 Å². The van der Waals surface area contributed by atoms with Crippen molar-refractivity contribution in [3.05, 3.63) is 0 Å². The SMILES string of the molecule is CS(=O)(=O)NC[C@@H]1CCCCN1CC(=O)NCC(F)(F)F. The number of amides is 1. The van der Waals surface area contributed by atoms with Crippen LogP contribution in [-0.2, 0) is 14.8 Å². The molecule has 0 aliphatic carbocycles. The highest BCUT2D eigenvalue weighted by atomic mass is 32.2. The maximum Gasteiger partial charge on any atom is 0.405 e. The van der Waals surface area contributed by atoms with Gasteiger partial charge in [0.05, 0.1) is 12.8 Å². The van der Waals surface area contributed by atoms with E-state index < -0.39 is 28.7 Å². The first-order valence-electron chi connectivity index (χ1n) is 6.59. The summed E-state index contributed by atoms with van der Waals surface area (Å²) < 4.78 is 60.6. The summed E-state index contributed by atoms with van der Waals surface area (Å²) in [4.78, 5) is 13.2. The van der Waals surface area contributed by atoms with Crippen molar-refractivity contribution in [1.29, 1.82) is 0 Å². The minimum Gasteiger partial charge on any atom is -0.346 e. The number of carbonyl (C=O) groups excluding carboxylic acids is 1. The summed E-state index contributed by atoms with van der Waals surface area (Å²) in [5.74, 6) is -0.710. The smallest absolute Gasteiger partial charge is 0.346 e. The predicted molar refractivity (Wildman–Crippen MR) is 71.1 cm³/mol. The van der Waals surface area contributed by atoms with E-state index in [9.17, 15) is 26.4 Å². The number of sulfonamides is 1. The van der Waals surface area contributed by atoms with Crippen LogP contribution in [0.25, 0.3) is 0 Å². The van der Waals surface area contributed by atoms with Gasteiger partial charge in [0.15, 0.2) is 0 Å². The Hall–Kier alpha value is -0.870. The van der Waals surface area contributed by atoms with Gasteiger partial charge in [0.25, 0.3) is 0 Å². The molecule has 0 unspecified atom stereocenters. The molecule has 1 saturated heterocycles. The van der Waals surface area contributed by atoms with Gasteiger partial charge in [0, 0.05) is 12.6 Å². The third kappa shape index (κ3) is 8.22. The van der Waals surface area contributed by atoms with Crippen LogP contribution in [0.15, 0.2) is 0 Å². The van der Waals surface area contributed by atoms with Crippen molar-refractivity contribution in [3.8, 4) is 0 Å². The van der Waals surface area contributed by atoms with Gasteiger partial charge in [-0.15, -0.1) is 0 Å². The number of likely N-dealkylation sites (tertiary alicyclic amines) is 1. The molecule has 6 nitrogen and oxygen atoms in total. The van der Waals surface area contributed by atoms with Gasteiger partial charge in [-0.05, 0) is 19.4 Å². The van der Waals surface area contributed by atoms with E-state index in [4.69, 9.17) is 0 Å². The minimum absolute atomic E-state index is 0.158. The molecule has 124 valence electrons. The highest BCUT2D eigenvalue weighted by Gasteiger charge is 2.29. The summed E-state index contributed by atoms with van der Waals surface area (Å²) in [6.07, 6.45) is -0.960. The maximum atomic E-state index is 12.0. The molecule has 1 amide bonds. The van der Waals surface area contributed by atoms with Gasteiger partial charge in [0.1, 0.15) is 6.54 Å². The Morgan fingerprint density at radius 2 is 2.00 bits per heavy atom. The number of alkyl halides is 3. The van der Waals surface area contributed by atoms with E-state index in [0.717, 1.165) is 19.1 Å². The molecule has 10 heteroatoms. The van der Waals surface area contributed by atoms with E-state index in [2.05, 4.69) is 4.72 Å². The van der Waals surface area contributed by atoms with Crippen LogP contribution >= 0.6 is 0 Å². The molecule has 1 aliphatic rings. The minimum atomic E-state index is -4.44. The maximum absolute atomic E-state index is 12.0. The van der Waals surface area contributed by atoms with Crippen LogP contribution in [-0.4, -0.2) is 63.9 Å². The van der Waals surface area contributed by atoms with Crippen molar-refractivity contribution in [3.63, 3.8) is 0 Å². The molecule has 0 bridgehead atoms. The van der Waals surface area contributed by atoms with Crippen LogP contribution in [0.5, 0.6) is 0 Å². The average Bonchev–Trinajstić information content (AvgIpc) is 2.33. The number of piperidine rings is 1. The number of hydrogen-bond donors (Lipinski definition) is 2. The Labute approximate surface area is 122 Å². The lowest BCUT2D eigenvalue weighted by Crippen LogP contribution is -2.50. The lowest BCUT2D eigenvalue weighted by Gasteiger charge is -2.35. The summed E-state index contributed by atoms with van der Waals surface area (Å²) in [5, 5.41) is 1.82. The molecule has 0 spiro atoms. The normalized spacial score (nSPS) is 21.2. The van der Waals surface area contributed by atoms with Crippen molar-refractivity contribution in [1.82, 2.24) is 14.9 Å². The molecule has 1 fully saturated rings. The number of halogens is 3. The van der Waals surface area contributed by atoms with Gasteiger partial charge in [0.2, 0.25) is 15.9 Å². The lowest BCUT2D eigenvalue weighted by atomic mass is 10.0. The topological polar surface area (TPSA) is 78.5 Å². The number of hydrogen-bond acceptors (Lipinski definition) is 4. The zero-order valence-electron chi connectivity index (χ0n) is 11.7. The Balaban J connectivity index is 2.47. The Kier molecular flexibility index (Phi) is 6.41. The van der Waals surface area contributed by atoms with Crippen molar-refractivity contribution in [2.45, 2.75) is 31.5 Å².